The summed E-state index contributed by atoms with van der Waals surface area (Å²) in [6.45, 7) is 0. The zero-order chi connectivity index (χ0) is 21.1. The van der Waals surface area contributed by atoms with Gasteiger partial charge in [-0.05, 0) is 53.4 Å². The normalized spacial score (nSPS) is 11.8. The zero-order valence-corrected chi connectivity index (χ0v) is 18.0. The van der Waals surface area contributed by atoms with E-state index in [-0.39, 0.29) is 0 Å². The summed E-state index contributed by atoms with van der Waals surface area (Å²) >= 11 is 1.88. The molecule has 0 aliphatic carbocycles. The second kappa shape index (κ2) is 6.78. The Morgan fingerprint density at radius 1 is 0.656 bits per heavy atom. The van der Waals surface area contributed by atoms with Gasteiger partial charge in [0.05, 0.1) is 22.2 Å². The Morgan fingerprint density at radius 3 is 2.44 bits per heavy atom. The number of para-hydroxylation sites is 1. The summed E-state index contributed by atoms with van der Waals surface area (Å²) < 4.78 is 3.74. The molecule has 0 fully saturated rings. The highest BCUT2D eigenvalue weighted by atomic mass is 32.1. The molecule has 0 bridgehead atoms. The van der Waals surface area contributed by atoms with Crippen LogP contribution in [0.5, 0.6) is 0 Å². The van der Waals surface area contributed by atoms with Gasteiger partial charge in [-0.3, -0.25) is 4.98 Å². The molecule has 0 radical (unpaired) electrons. The van der Waals surface area contributed by atoms with Gasteiger partial charge in [0.2, 0.25) is 0 Å². The lowest BCUT2D eigenvalue weighted by Gasteiger charge is -2.11. The van der Waals surface area contributed by atoms with Gasteiger partial charge >= 0.3 is 0 Å². The molecule has 0 spiro atoms. The molecule has 0 aliphatic heterocycles. The van der Waals surface area contributed by atoms with Gasteiger partial charge < -0.3 is 4.57 Å². The van der Waals surface area contributed by atoms with Crippen molar-refractivity contribution >= 4 is 54.1 Å². The summed E-state index contributed by atoms with van der Waals surface area (Å²) in [6, 6.07) is 36.8. The van der Waals surface area contributed by atoms with Crippen LogP contribution >= 0.6 is 11.3 Å². The fourth-order valence-electron chi connectivity index (χ4n) is 4.84. The van der Waals surface area contributed by atoms with Crippen molar-refractivity contribution in [1.29, 1.82) is 0 Å². The van der Waals surface area contributed by atoms with Crippen molar-refractivity contribution in [3.05, 3.63) is 109 Å². The number of hydrogen-bond acceptors (Lipinski definition) is 2. The minimum absolute atomic E-state index is 1.01. The van der Waals surface area contributed by atoms with E-state index in [1.54, 1.807) is 0 Å². The lowest BCUT2D eigenvalue weighted by molar-refractivity contribution is 1.19. The summed E-state index contributed by atoms with van der Waals surface area (Å²) in [5.74, 6) is 0. The van der Waals surface area contributed by atoms with Crippen molar-refractivity contribution < 1.29 is 0 Å². The van der Waals surface area contributed by atoms with Gasteiger partial charge in [-0.2, -0.15) is 0 Å². The van der Waals surface area contributed by atoms with Gasteiger partial charge in [0.1, 0.15) is 0 Å². The Bertz CT molecular complexity index is 1770. The molecular weight excluding hydrogens is 408 g/mol. The monoisotopic (exact) mass is 426 g/mol. The van der Waals surface area contributed by atoms with Crippen LogP contribution in [0.25, 0.3) is 58.9 Å². The van der Waals surface area contributed by atoms with Crippen molar-refractivity contribution in [2.75, 3.05) is 0 Å². The first-order chi connectivity index (χ1) is 15.9. The number of nitrogens with zero attached hydrogens (tertiary/aromatic N) is 2. The van der Waals surface area contributed by atoms with Gasteiger partial charge in [0.15, 0.2) is 0 Å². The Hall–Kier alpha value is -3.95. The van der Waals surface area contributed by atoms with E-state index in [2.05, 4.69) is 107 Å². The van der Waals surface area contributed by atoms with Crippen LogP contribution in [0.3, 0.4) is 0 Å². The highest BCUT2D eigenvalue weighted by molar-refractivity contribution is 7.23. The second-order valence-corrected chi connectivity index (χ2v) is 9.11. The predicted molar refractivity (Wildman–Crippen MR) is 137 cm³/mol. The molecule has 2 nitrogen and oxygen atoms in total. The minimum atomic E-state index is 1.01. The van der Waals surface area contributed by atoms with Crippen molar-refractivity contribution in [3.63, 3.8) is 0 Å². The van der Waals surface area contributed by atoms with E-state index in [4.69, 9.17) is 0 Å². The number of fused-ring (bicyclic) bond motifs is 6. The Morgan fingerprint density at radius 2 is 1.50 bits per heavy atom. The maximum atomic E-state index is 4.59. The van der Waals surface area contributed by atoms with Crippen molar-refractivity contribution in [2.45, 2.75) is 0 Å². The van der Waals surface area contributed by atoms with Gasteiger partial charge in [-0.15, -0.1) is 11.3 Å². The number of rotatable bonds is 2. The smallest absolute Gasteiger partial charge is 0.0723 e. The maximum Gasteiger partial charge on any atom is 0.0723 e. The first-order valence-corrected chi connectivity index (χ1v) is 11.6. The number of benzene rings is 4. The lowest BCUT2D eigenvalue weighted by Crippen LogP contribution is -1.95. The molecule has 7 rings (SSSR count). The molecule has 0 saturated carbocycles. The molecule has 0 atom stereocenters. The van der Waals surface area contributed by atoms with Crippen LogP contribution in [0.2, 0.25) is 0 Å². The number of pyridine rings is 1. The predicted octanol–water partition coefficient (Wildman–Crippen LogP) is 8.21. The third kappa shape index (κ3) is 2.49. The molecule has 3 heteroatoms. The highest BCUT2D eigenvalue weighted by Crippen LogP contribution is 2.43. The Labute approximate surface area is 189 Å². The minimum Gasteiger partial charge on any atom is -0.309 e. The quantitative estimate of drug-likeness (QED) is 0.272. The molecular formula is C29H18N2S. The van der Waals surface area contributed by atoms with Crippen molar-refractivity contribution in [2.24, 2.45) is 0 Å². The molecule has 32 heavy (non-hydrogen) atoms. The van der Waals surface area contributed by atoms with Crippen LogP contribution in [0.15, 0.2) is 109 Å². The summed E-state index contributed by atoms with van der Waals surface area (Å²) in [5.41, 5.74) is 5.91. The average molecular weight is 427 g/mol. The van der Waals surface area contributed by atoms with E-state index in [0.717, 1.165) is 10.9 Å². The molecule has 7 aromatic rings. The van der Waals surface area contributed by atoms with Gasteiger partial charge in [0.25, 0.3) is 0 Å². The highest BCUT2D eigenvalue weighted by Gasteiger charge is 2.17. The molecule has 0 N–H and O–H groups in total. The third-order valence-electron chi connectivity index (χ3n) is 6.24. The van der Waals surface area contributed by atoms with Crippen LogP contribution in [-0.2, 0) is 0 Å². The van der Waals surface area contributed by atoms with Gasteiger partial charge in [-0.25, -0.2) is 0 Å². The number of thiophene rings is 1. The van der Waals surface area contributed by atoms with Crippen LogP contribution in [0.1, 0.15) is 0 Å². The largest absolute Gasteiger partial charge is 0.309 e. The Kier molecular flexibility index (Phi) is 3.75. The van der Waals surface area contributed by atoms with E-state index < -0.39 is 0 Å². The molecule has 3 heterocycles. The van der Waals surface area contributed by atoms with Gasteiger partial charge in [-0.1, -0.05) is 60.7 Å². The third-order valence-corrected chi connectivity index (χ3v) is 7.46. The zero-order valence-electron chi connectivity index (χ0n) is 17.2. The standard InChI is InChI=1S/C29H18N2S/c1-2-8-19(9-3-1)27-18-20-15-16-26-28(29(20)32-27)22-10-4-5-13-25(22)31(26)24-14-6-12-23-21(24)11-7-17-30-23/h1-18H. The molecule has 0 unspecified atom stereocenters. The van der Waals surface area contributed by atoms with E-state index >= 15 is 0 Å². The molecule has 150 valence electrons. The summed E-state index contributed by atoms with van der Waals surface area (Å²) in [7, 11) is 0. The molecule has 0 aliphatic rings. The lowest BCUT2D eigenvalue weighted by atomic mass is 10.1. The van der Waals surface area contributed by atoms with E-state index in [9.17, 15) is 0 Å². The average Bonchev–Trinajstić information content (AvgIpc) is 3.43. The number of hydrogen-bond donors (Lipinski definition) is 0. The van der Waals surface area contributed by atoms with Crippen LogP contribution in [-0.4, -0.2) is 9.55 Å². The summed E-state index contributed by atoms with van der Waals surface area (Å²) in [4.78, 5) is 5.89. The van der Waals surface area contributed by atoms with Crippen LogP contribution < -0.4 is 0 Å². The Balaban J connectivity index is 1.62. The van der Waals surface area contributed by atoms with Crippen LogP contribution in [0.4, 0.5) is 0 Å². The molecule has 3 aromatic heterocycles. The SMILES string of the molecule is c1ccc(-c2cc3ccc4c(c5ccccc5n4-c4cccc5ncccc45)c3s2)cc1. The van der Waals surface area contributed by atoms with E-state index in [1.165, 1.54) is 48.0 Å². The molecule has 4 aromatic carbocycles. The van der Waals surface area contributed by atoms with Crippen molar-refractivity contribution in [1.82, 2.24) is 9.55 Å². The number of aromatic nitrogens is 2. The fourth-order valence-corrected chi connectivity index (χ4v) is 6.06. The fraction of sp³-hybridized carbons (Fsp3) is 0. The second-order valence-electron chi connectivity index (χ2n) is 8.05. The molecule has 0 saturated heterocycles. The van der Waals surface area contributed by atoms with E-state index in [1.807, 2.05) is 23.6 Å². The first kappa shape index (κ1) is 17.7. The van der Waals surface area contributed by atoms with Crippen molar-refractivity contribution in [3.8, 4) is 16.1 Å². The van der Waals surface area contributed by atoms with E-state index in [0.29, 0.717) is 0 Å². The topological polar surface area (TPSA) is 17.8 Å². The van der Waals surface area contributed by atoms with Crippen LogP contribution in [0, 0.1) is 0 Å². The molecule has 0 amide bonds. The van der Waals surface area contributed by atoms with Gasteiger partial charge in [0, 0.05) is 31.9 Å². The summed E-state index contributed by atoms with van der Waals surface area (Å²) in [6.07, 6.45) is 1.86. The summed E-state index contributed by atoms with van der Waals surface area (Å²) in [5, 5.41) is 5.07. The maximum absolute atomic E-state index is 4.59. The first-order valence-electron chi connectivity index (χ1n) is 10.7.